The molecule has 4 rings (SSSR count). The minimum absolute atomic E-state index is 0.211. The van der Waals surface area contributed by atoms with Crippen molar-refractivity contribution in [3.05, 3.63) is 35.0 Å². The summed E-state index contributed by atoms with van der Waals surface area (Å²) in [5.74, 6) is 2.73. The van der Waals surface area contributed by atoms with E-state index < -0.39 is 0 Å². The van der Waals surface area contributed by atoms with Gasteiger partial charge < -0.3 is 14.7 Å². The zero-order chi connectivity index (χ0) is 20.4. The molecule has 0 aliphatic carbocycles. The molecule has 29 heavy (non-hydrogen) atoms. The van der Waals surface area contributed by atoms with Crippen LogP contribution in [-0.4, -0.2) is 65.9 Å². The maximum atomic E-state index is 9.21. The number of ether oxygens (including phenoxy) is 1. The quantitative estimate of drug-likeness (QED) is 0.669. The Bertz CT molecular complexity index is 979. The van der Waals surface area contributed by atoms with Gasteiger partial charge in [0.2, 0.25) is 0 Å². The largest absolute Gasteiger partial charge is 0.494 e. The summed E-state index contributed by atoms with van der Waals surface area (Å²) in [4.78, 5) is 16.6. The second-order valence-corrected chi connectivity index (χ2v) is 8.52. The van der Waals surface area contributed by atoms with Gasteiger partial charge in [-0.3, -0.25) is 4.90 Å². The molecule has 0 amide bonds. The number of thiophene rings is 1. The van der Waals surface area contributed by atoms with Crippen molar-refractivity contribution in [3.63, 3.8) is 0 Å². The van der Waals surface area contributed by atoms with Gasteiger partial charge in [0.25, 0.3) is 0 Å². The molecule has 1 aliphatic rings. The molecule has 1 aromatic carbocycles. The van der Waals surface area contributed by atoms with Gasteiger partial charge in [-0.1, -0.05) is 12.1 Å². The monoisotopic (exact) mass is 412 g/mol. The zero-order valence-electron chi connectivity index (χ0n) is 17.3. The fourth-order valence-corrected chi connectivity index (χ4v) is 5.07. The van der Waals surface area contributed by atoms with Crippen LogP contribution in [0.2, 0.25) is 0 Å². The van der Waals surface area contributed by atoms with E-state index in [1.807, 2.05) is 26.0 Å². The summed E-state index contributed by atoms with van der Waals surface area (Å²) in [6.07, 6.45) is 0. The molecule has 1 N–H and O–H groups in total. The summed E-state index contributed by atoms with van der Waals surface area (Å²) in [5.41, 5.74) is 2.39. The van der Waals surface area contributed by atoms with Crippen molar-refractivity contribution in [1.82, 2.24) is 14.9 Å². The third-order valence-electron chi connectivity index (χ3n) is 5.36. The van der Waals surface area contributed by atoms with E-state index in [4.69, 9.17) is 14.7 Å². The minimum Gasteiger partial charge on any atom is -0.494 e. The molecule has 6 nitrogen and oxygen atoms in total. The van der Waals surface area contributed by atoms with Crippen molar-refractivity contribution < 1.29 is 9.84 Å². The number of hydrogen-bond acceptors (Lipinski definition) is 7. The second kappa shape index (κ2) is 8.65. The maximum Gasteiger partial charge on any atom is 0.141 e. The Balaban J connectivity index is 1.75. The summed E-state index contributed by atoms with van der Waals surface area (Å²) < 4.78 is 5.61. The van der Waals surface area contributed by atoms with Gasteiger partial charge in [0.15, 0.2) is 0 Å². The van der Waals surface area contributed by atoms with Crippen LogP contribution in [0, 0.1) is 13.8 Å². The first-order chi connectivity index (χ1) is 14.1. The summed E-state index contributed by atoms with van der Waals surface area (Å²) in [7, 11) is 0. The Morgan fingerprint density at radius 2 is 1.79 bits per heavy atom. The normalized spacial score (nSPS) is 15.2. The fraction of sp³-hybridized carbons (Fsp3) is 0.455. The summed E-state index contributed by atoms with van der Waals surface area (Å²) in [6.45, 7) is 11.4. The zero-order valence-corrected chi connectivity index (χ0v) is 18.1. The van der Waals surface area contributed by atoms with E-state index in [-0.39, 0.29) is 6.61 Å². The average molecular weight is 413 g/mol. The second-order valence-electron chi connectivity index (χ2n) is 7.32. The van der Waals surface area contributed by atoms with Crippen LogP contribution in [0.25, 0.3) is 21.3 Å². The molecule has 154 valence electrons. The van der Waals surface area contributed by atoms with Crippen molar-refractivity contribution in [2.75, 3.05) is 50.8 Å². The molecular weight excluding hydrogens is 384 g/mol. The highest BCUT2D eigenvalue weighted by atomic mass is 32.1. The Morgan fingerprint density at radius 1 is 1.07 bits per heavy atom. The van der Waals surface area contributed by atoms with Gasteiger partial charge >= 0.3 is 0 Å². The highest BCUT2D eigenvalue weighted by Crippen LogP contribution is 2.42. The molecule has 0 bridgehead atoms. The number of hydrogen-bond donors (Lipinski definition) is 1. The topological polar surface area (TPSA) is 61.7 Å². The molecule has 0 atom stereocenters. The Kier molecular flexibility index (Phi) is 5.99. The van der Waals surface area contributed by atoms with Crippen molar-refractivity contribution in [1.29, 1.82) is 0 Å². The Labute approximate surface area is 175 Å². The number of aliphatic hydroxyl groups excluding tert-OH is 1. The molecule has 3 heterocycles. The number of aryl methyl sites for hydroxylation is 2. The number of β-amino-alcohol motifs (C(OH)–C–C–N with tert-alkyl or cyclic N) is 1. The molecule has 0 radical (unpaired) electrons. The van der Waals surface area contributed by atoms with Gasteiger partial charge in [-0.25, -0.2) is 9.97 Å². The molecule has 0 unspecified atom stereocenters. The number of aromatic nitrogens is 2. The van der Waals surface area contributed by atoms with Gasteiger partial charge in [-0.15, -0.1) is 11.3 Å². The van der Waals surface area contributed by atoms with E-state index in [9.17, 15) is 5.11 Å². The first-order valence-corrected chi connectivity index (χ1v) is 11.0. The maximum absolute atomic E-state index is 9.21. The molecule has 0 saturated carbocycles. The highest BCUT2D eigenvalue weighted by Gasteiger charge is 2.24. The predicted molar refractivity (Wildman–Crippen MR) is 119 cm³/mol. The smallest absolute Gasteiger partial charge is 0.141 e. The minimum atomic E-state index is 0.211. The third kappa shape index (κ3) is 4.08. The molecule has 7 heteroatoms. The predicted octanol–water partition coefficient (Wildman–Crippen LogP) is 3.49. The standard InChI is InChI=1S/C22H28N4O2S/c1-4-28-18-7-5-17(6-8-18)19-15(2)29-22-20(19)21(23-16(3)24-22)26-11-9-25(10-12-26)13-14-27/h5-8,27H,4,9-14H2,1-3H3. The SMILES string of the molecule is CCOc1ccc(-c2c(C)sc3nc(C)nc(N4CCN(CCO)CC4)c23)cc1. The van der Waals surface area contributed by atoms with Crippen LogP contribution in [0.15, 0.2) is 24.3 Å². The van der Waals surface area contributed by atoms with Crippen LogP contribution in [-0.2, 0) is 0 Å². The number of fused-ring (bicyclic) bond motifs is 1. The van der Waals surface area contributed by atoms with E-state index in [0.717, 1.165) is 60.3 Å². The van der Waals surface area contributed by atoms with E-state index >= 15 is 0 Å². The van der Waals surface area contributed by atoms with Gasteiger partial charge in [0, 0.05) is 43.2 Å². The van der Waals surface area contributed by atoms with Gasteiger partial charge in [-0.2, -0.15) is 0 Å². The number of nitrogens with zero attached hydrogens (tertiary/aromatic N) is 4. The van der Waals surface area contributed by atoms with Crippen LogP contribution in [0.4, 0.5) is 5.82 Å². The molecule has 3 aromatic rings. The fourth-order valence-electron chi connectivity index (χ4n) is 3.98. The van der Waals surface area contributed by atoms with E-state index in [2.05, 4.69) is 28.9 Å². The van der Waals surface area contributed by atoms with Crippen LogP contribution >= 0.6 is 11.3 Å². The van der Waals surface area contributed by atoms with Gasteiger partial charge in [0.05, 0.1) is 18.6 Å². The molecule has 1 saturated heterocycles. The number of rotatable bonds is 6. The van der Waals surface area contributed by atoms with Gasteiger partial charge in [0.1, 0.15) is 22.2 Å². The molecule has 2 aromatic heterocycles. The highest BCUT2D eigenvalue weighted by molar-refractivity contribution is 7.19. The van der Waals surface area contributed by atoms with E-state index in [0.29, 0.717) is 6.61 Å². The molecule has 1 aliphatic heterocycles. The summed E-state index contributed by atoms with van der Waals surface area (Å²) in [6, 6.07) is 8.32. The Hall–Kier alpha value is -2.22. The van der Waals surface area contributed by atoms with Crippen molar-refractivity contribution >= 4 is 27.4 Å². The number of benzene rings is 1. The first kappa shape index (κ1) is 20.1. The van der Waals surface area contributed by atoms with Crippen LogP contribution in [0.1, 0.15) is 17.6 Å². The third-order valence-corrected chi connectivity index (χ3v) is 6.36. The van der Waals surface area contributed by atoms with E-state index in [1.165, 1.54) is 16.0 Å². The number of piperazine rings is 1. The molecular formula is C22H28N4O2S. The average Bonchev–Trinajstić information content (AvgIpc) is 3.04. The Morgan fingerprint density at radius 3 is 2.45 bits per heavy atom. The lowest BCUT2D eigenvalue weighted by atomic mass is 10.0. The molecule has 1 fully saturated rings. The molecule has 0 spiro atoms. The van der Waals surface area contributed by atoms with Crippen LogP contribution in [0.5, 0.6) is 5.75 Å². The van der Waals surface area contributed by atoms with E-state index in [1.54, 1.807) is 11.3 Å². The summed E-state index contributed by atoms with van der Waals surface area (Å²) in [5, 5.41) is 10.4. The lowest BCUT2D eigenvalue weighted by molar-refractivity contribution is 0.188. The number of aliphatic hydroxyl groups is 1. The van der Waals surface area contributed by atoms with Crippen molar-refractivity contribution in [2.24, 2.45) is 0 Å². The van der Waals surface area contributed by atoms with Crippen molar-refractivity contribution in [2.45, 2.75) is 20.8 Å². The lowest BCUT2D eigenvalue weighted by Gasteiger charge is -2.35. The van der Waals surface area contributed by atoms with Crippen molar-refractivity contribution in [3.8, 4) is 16.9 Å². The lowest BCUT2D eigenvalue weighted by Crippen LogP contribution is -2.47. The first-order valence-electron chi connectivity index (χ1n) is 10.2. The summed E-state index contributed by atoms with van der Waals surface area (Å²) >= 11 is 1.74. The number of anilines is 1. The van der Waals surface area contributed by atoms with Crippen LogP contribution < -0.4 is 9.64 Å². The van der Waals surface area contributed by atoms with Crippen LogP contribution in [0.3, 0.4) is 0 Å². The van der Waals surface area contributed by atoms with Gasteiger partial charge in [-0.05, 0) is 38.5 Å².